The van der Waals surface area contributed by atoms with Crippen molar-refractivity contribution in [2.75, 3.05) is 46.3 Å². The Morgan fingerprint density at radius 1 is 1.13 bits per heavy atom. The summed E-state index contributed by atoms with van der Waals surface area (Å²) in [7, 11) is 2.23. The Balaban J connectivity index is 1.63. The number of hydrogen-bond donors (Lipinski definition) is 1. The van der Waals surface area contributed by atoms with Gasteiger partial charge in [-0.05, 0) is 45.9 Å². The lowest BCUT2D eigenvalue weighted by Crippen LogP contribution is -2.50. The third-order valence-electron chi connectivity index (χ3n) is 3.70. The number of rotatable bonds is 3. The molecule has 3 nitrogen and oxygen atoms in total. The quantitative estimate of drug-likeness (QED) is 0.744. The monoisotopic (exact) mass is 211 g/mol. The zero-order valence-corrected chi connectivity index (χ0v) is 10.0. The van der Waals surface area contributed by atoms with E-state index in [-0.39, 0.29) is 0 Å². The molecule has 0 aliphatic carbocycles. The Morgan fingerprint density at radius 3 is 2.67 bits per heavy atom. The smallest absolute Gasteiger partial charge is 0.0207 e. The van der Waals surface area contributed by atoms with E-state index in [2.05, 4.69) is 22.2 Å². The Morgan fingerprint density at radius 2 is 1.93 bits per heavy atom. The first-order valence-electron chi connectivity index (χ1n) is 6.49. The van der Waals surface area contributed by atoms with Gasteiger partial charge in [0.15, 0.2) is 0 Å². The van der Waals surface area contributed by atoms with Gasteiger partial charge in [-0.3, -0.25) is 0 Å². The molecule has 3 heteroatoms. The minimum atomic E-state index is 0.727. The zero-order chi connectivity index (χ0) is 10.5. The molecule has 0 bridgehead atoms. The van der Waals surface area contributed by atoms with Gasteiger partial charge in [0.2, 0.25) is 0 Å². The lowest BCUT2D eigenvalue weighted by atomic mass is 10.1. The molecule has 0 amide bonds. The van der Waals surface area contributed by atoms with E-state index < -0.39 is 0 Å². The van der Waals surface area contributed by atoms with Crippen molar-refractivity contribution in [1.82, 2.24) is 15.1 Å². The van der Waals surface area contributed by atoms with E-state index in [1.807, 2.05) is 0 Å². The van der Waals surface area contributed by atoms with Crippen LogP contribution in [0.1, 0.15) is 25.7 Å². The summed E-state index contributed by atoms with van der Waals surface area (Å²) in [6.45, 7) is 7.58. The van der Waals surface area contributed by atoms with Gasteiger partial charge >= 0.3 is 0 Å². The van der Waals surface area contributed by atoms with E-state index in [0.29, 0.717) is 0 Å². The highest BCUT2D eigenvalue weighted by molar-refractivity contribution is 4.78. The molecule has 0 aromatic carbocycles. The second-order valence-electron chi connectivity index (χ2n) is 5.10. The molecule has 15 heavy (non-hydrogen) atoms. The summed E-state index contributed by atoms with van der Waals surface area (Å²) in [5.41, 5.74) is 0. The van der Waals surface area contributed by atoms with Gasteiger partial charge in [0.05, 0.1) is 0 Å². The standard InChI is InChI=1S/C12H25N3/c1-14-10-6-13-12(11-14)5-9-15-7-3-2-4-8-15/h12-13H,2-11H2,1H3. The molecule has 0 spiro atoms. The van der Waals surface area contributed by atoms with Crippen LogP contribution in [-0.2, 0) is 0 Å². The van der Waals surface area contributed by atoms with E-state index in [4.69, 9.17) is 0 Å². The molecule has 2 aliphatic rings. The molecule has 0 radical (unpaired) electrons. The summed E-state index contributed by atoms with van der Waals surface area (Å²) in [6, 6.07) is 0.727. The summed E-state index contributed by atoms with van der Waals surface area (Å²) in [4.78, 5) is 5.08. The molecule has 1 atom stereocenters. The summed E-state index contributed by atoms with van der Waals surface area (Å²) >= 11 is 0. The maximum Gasteiger partial charge on any atom is 0.0207 e. The number of piperidine rings is 1. The Hall–Kier alpha value is -0.120. The third-order valence-corrected chi connectivity index (χ3v) is 3.70. The van der Waals surface area contributed by atoms with E-state index in [1.54, 1.807) is 0 Å². The van der Waals surface area contributed by atoms with Gasteiger partial charge in [0, 0.05) is 25.7 Å². The number of piperazine rings is 1. The van der Waals surface area contributed by atoms with Crippen molar-refractivity contribution in [3.05, 3.63) is 0 Å². The molecular weight excluding hydrogens is 186 g/mol. The molecule has 2 rings (SSSR count). The highest BCUT2D eigenvalue weighted by Gasteiger charge is 2.17. The minimum absolute atomic E-state index is 0.727. The van der Waals surface area contributed by atoms with Crippen molar-refractivity contribution in [3.63, 3.8) is 0 Å². The van der Waals surface area contributed by atoms with Crippen LogP contribution in [0, 0.1) is 0 Å². The molecule has 0 aromatic rings. The van der Waals surface area contributed by atoms with Gasteiger partial charge in [0.1, 0.15) is 0 Å². The predicted molar refractivity (Wildman–Crippen MR) is 64.2 cm³/mol. The maximum atomic E-state index is 3.62. The molecule has 1 unspecified atom stereocenters. The third kappa shape index (κ3) is 3.74. The largest absolute Gasteiger partial charge is 0.311 e. The van der Waals surface area contributed by atoms with Crippen LogP contribution in [0.5, 0.6) is 0 Å². The minimum Gasteiger partial charge on any atom is -0.311 e. The van der Waals surface area contributed by atoms with Crippen molar-refractivity contribution < 1.29 is 0 Å². The van der Waals surface area contributed by atoms with Gasteiger partial charge in [-0.1, -0.05) is 6.42 Å². The van der Waals surface area contributed by atoms with Crippen LogP contribution < -0.4 is 5.32 Å². The number of hydrogen-bond acceptors (Lipinski definition) is 3. The highest BCUT2D eigenvalue weighted by atomic mass is 15.2. The van der Waals surface area contributed by atoms with Gasteiger partial charge < -0.3 is 15.1 Å². The predicted octanol–water partition coefficient (Wildman–Crippen LogP) is 0.766. The van der Waals surface area contributed by atoms with E-state index in [9.17, 15) is 0 Å². The lowest BCUT2D eigenvalue weighted by molar-refractivity contribution is 0.186. The maximum absolute atomic E-state index is 3.62. The second kappa shape index (κ2) is 5.83. The van der Waals surface area contributed by atoms with Crippen molar-refractivity contribution in [2.45, 2.75) is 31.7 Å². The van der Waals surface area contributed by atoms with E-state index >= 15 is 0 Å². The first kappa shape index (κ1) is 11.4. The topological polar surface area (TPSA) is 18.5 Å². The van der Waals surface area contributed by atoms with Gasteiger partial charge in [-0.15, -0.1) is 0 Å². The normalized spacial score (nSPS) is 30.6. The van der Waals surface area contributed by atoms with Crippen molar-refractivity contribution in [2.24, 2.45) is 0 Å². The fourth-order valence-corrected chi connectivity index (χ4v) is 2.71. The molecular formula is C12H25N3. The first-order valence-corrected chi connectivity index (χ1v) is 6.49. The highest BCUT2D eigenvalue weighted by Crippen LogP contribution is 2.10. The molecule has 2 aliphatic heterocycles. The molecule has 0 aromatic heterocycles. The van der Waals surface area contributed by atoms with Crippen LogP contribution >= 0.6 is 0 Å². The summed E-state index contributed by atoms with van der Waals surface area (Å²) in [6.07, 6.45) is 5.60. The Bertz CT molecular complexity index is 178. The van der Waals surface area contributed by atoms with Crippen molar-refractivity contribution >= 4 is 0 Å². The van der Waals surface area contributed by atoms with Crippen molar-refractivity contribution in [3.8, 4) is 0 Å². The van der Waals surface area contributed by atoms with Crippen LogP contribution in [0.15, 0.2) is 0 Å². The van der Waals surface area contributed by atoms with Crippen LogP contribution in [0.3, 0.4) is 0 Å². The average Bonchev–Trinajstić information content (AvgIpc) is 2.28. The van der Waals surface area contributed by atoms with Crippen LogP contribution in [-0.4, -0.2) is 62.2 Å². The van der Waals surface area contributed by atoms with Gasteiger partial charge in [-0.2, -0.15) is 0 Å². The molecule has 1 N–H and O–H groups in total. The molecule has 0 saturated carbocycles. The second-order valence-corrected chi connectivity index (χ2v) is 5.10. The van der Waals surface area contributed by atoms with E-state index in [1.165, 1.54) is 65.0 Å². The first-order chi connectivity index (χ1) is 7.34. The SMILES string of the molecule is CN1CCNC(CCN2CCCCC2)C1. The summed E-state index contributed by atoms with van der Waals surface area (Å²) in [5, 5.41) is 3.62. The Labute approximate surface area is 93.8 Å². The number of likely N-dealkylation sites (tertiary alicyclic amines) is 1. The van der Waals surface area contributed by atoms with Crippen LogP contribution in [0.4, 0.5) is 0 Å². The zero-order valence-electron chi connectivity index (χ0n) is 10.0. The van der Waals surface area contributed by atoms with Crippen molar-refractivity contribution in [1.29, 1.82) is 0 Å². The molecule has 88 valence electrons. The van der Waals surface area contributed by atoms with E-state index in [0.717, 1.165) is 6.04 Å². The van der Waals surface area contributed by atoms with Crippen LogP contribution in [0.25, 0.3) is 0 Å². The van der Waals surface area contributed by atoms with Crippen LogP contribution in [0.2, 0.25) is 0 Å². The molecule has 2 fully saturated rings. The average molecular weight is 211 g/mol. The van der Waals surface area contributed by atoms with Gasteiger partial charge in [0.25, 0.3) is 0 Å². The Kier molecular flexibility index (Phi) is 4.42. The molecule has 2 saturated heterocycles. The number of nitrogens with one attached hydrogen (secondary N) is 1. The molecule has 2 heterocycles. The lowest BCUT2D eigenvalue weighted by Gasteiger charge is -2.33. The number of nitrogens with zero attached hydrogens (tertiary/aromatic N) is 2. The fourth-order valence-electron chi connectivity index (χ4n) is 2.71. The summed E-state index contributed by atoms with van der Waals surface area (Å²) in [5.74, 6) is 0. The van der Waals surface area contributed by atoms with Gasteiger partial charge in [-0.25, -0.2) is 0 Å². The fraction of sp³-hybridized carbons (Fsp3) is 1.00. The number of likely N-dealkylation sites (N-methyl/N-ethyl adjacent to an activating group) is 1. The summed E-state index contributed by atoms with van der Waals surface area (Å²) < 4.78 is 0.